The number of rotatable bonds is 2. The smallest absolute Gasteiger partial charge is 0.261 e. The Morgan fingerprint density at radius 3 is 2.88 bits per heavy atom. The van der Waals surface area contributed by atoms with Crippen molar-refractivity contribution in [2.45, 2.75) is 38.3 Å². The first-order chi connectivity index (χ1) is 7.58. The molecule has 1 aliphatic rings. The lowest BCUT2D eigenvalue weighted by Gasteiger charge is -2.16. The van der Waals surface area contributed by atoms with Crippen LogP contribution in [0.3, 0.4) is 0 Å². The Balaban J connectivity index is 2.02. The zero-order valence-electron chi connectivity index (χ0n) is 9.13. The average molecular weight is 303 g/mol. The number of hydrogen-bond acceptors (Lipinski definition) is 3. The number of hydrogen-bond donors (Lipinski definition) is 2. The molecule has 0 bridgehead atoms. The number of aryl methyl sites for hydroxylation is 1. The van der Waals surface area contributed by atoms with Gasteiger partial charge in [0.25, 0.3) is 5.91 Å². The summed E-state index contributed by atoms with van der Waals surface area (Å²) in [4.78, 5) is 12.7. The van der Waals surface area contributed by atoms with Crippen molar-refractivity contribution in [2.24, 2.45) is 5.73 Å². The van der Waals surface area contributed by atoms with Gasteiger partial charge in [-0.1, -0.05) is 0 Å². The molecule has 1 aromatic heterocycles. The number of halogens is 1. The molecule has 2 unspecified atom stereocenters. The standard InChI is InChI=1S/C11H15BrN2OS/c1-6-5-9(16-10(6)12)11(15)14-8-4-2-3-7(8)13/h5,7-8H,2-4,13H2,1H3,(H,14,15). The highest BCUT2D eigenvalue weighted by Gasteiger charge is 2.26. The Bertz CT molecular complexity index is 385. The van der Waals surface area contributed by atoms with Crippen molar-refractivity contribution in [2.75, 3.05) is 0 Å². The second-order valence-corrected chi connectivity index (χ2v) is 6.61. The molecule has 0 aromatic carbocycles. The predicted molar refractivity (Wildman–Crippen MR) is 69.8 cm³/mol. The Morgan fingerprint density at radius 2 is 2.38 bits per heavy atom. The van der Waals surface area contributed by atoms with Crippen molar-refractivity contribution in [1.29, 1.82) is 0 Å². The van der Waals surface area contributed by atoms with Gasteiger partial charge in [-0.2, -0.15) is 0 Å². The monoisotopic (exact) mass is 302 g/mol. The van der Waals surface area contributed by atoms with E-state index in [1.54, 1.807) is 0 Å². The van der Waals surface area contributed by atoms with E-state index in [2.05, 4.69) is 21.2 Å². The summed E-state index contributed by atoms with van der Waals surface area (Å²) in [6, 6.07) is 2.17. The first-order valence-corrected chi connectivity index (χ1v) is 7.01. The molecule has 3 nitrogen and oxygen atoms in total. The molecule has 0 saturated heterocycles. The van der Waals surface area contributed by atoms with Crippen LogP contribution < -0.4 is 11.1 Å². The molecule has 1 amide bonds. The van der Waals surface area contributed by atoms with Crippen LogP contribution in [0.15, 0.2) is 9.85 Å². The van der Waals surface area contributed by atoms with Gasteiger partial charge in [-0.15, -0.1) is 11.3 Å². The highest BCUT2D eigenvalue weighted by atomic mass is 79.9. The van der Waals surface area contributed by atoms with Gasteiger partial charge in [0.1, 0.15) is 0 Å². The van der Waals surface area contributed by atoms with Crippen molar-refractivity contribution in [1.82, 2.24) is 5.32 Å². The third-order valence-electron chi connectivity index (χ3n) is 2.97. The number of carbonyl (C=O) groups is 1. The van der Waals surface area contributed by atoms with Gasteiger partial charge in [0.05, 0.1) is 8.66 Å². The van der Waals surface area contributed by atoms with Gasteiger partial charge >= 0.3 is 0 Å². The van der Waals surface area contributed by atoms with Crippen molar-refractivity contribution < 1.29 is 4.79 Å². The maximum Gasteiger partial charge on any atom is 0.261 e. The van der Waals surface area contributed by atoms with Crippen LogP contribution in [0, 0.1) is 6.92 Å². The van der Waals surface area contributed by atoms with Crippen LogP contribution in [0.5, 0.6) is 0 Å². The lowest BCUT2D eigenvalue weighted by atomic mass is 10.2. The van der Waals surface area contributed by atoms with E-state index in [9.17, 15) is 4.79 Å². The zero-order valence-corrected chi connectivity index (χ0v) is 11.5. The van der Waals surface area contributed by atoms with Crippen molar-refractivity contribution in [3.05, 3.63) is 20.3 Å². The van der Waals surface area contributed by atoms with Crippen LogP contribution in [0.25, 0.3) is 0 Å². The normalized spacial score (nSPS) is 24.7. The van der Waals surface area contributed by atoms with Crippen LogP contribution >= 0.6 is 27.3 Å². The van der Waals surface area contributed by atoms with E-state index in [-0.39, 0.29) is 18.0 Å². The minimum atomic E-state index is 0.00106. The molecule has 0 spiro atoms. The molecule has 1 aliphatic carbocycles. The highest BCUT2D eigenvalue weighted by Crippen LogP contribution is 2.27. The van der Waals surface area contributed by atoms with Crippen LogP contribution in [-0.2, 0) is 0 Å². The molecule has 2 atom stereocenters. The predicted octanol–water partition coefficient (Wildman–Crippen LogP) is 2.43. The Labute approximate surface area is 108 Å². The third kappa shape index (κ3) is 2.47. The molecule has 2 rings (SSSR count). The largest absolute Gasteiger partial charge is 0.347 e. The van der Waals surface area contributed by atoms with E-state index in [1.807, 2.05) is 13.0 Å². The molecule has 1 saturated carbocycles. The molecule has 1 fully saturated rings. The summed E-state index contributed by atoms with van der Waals surface area (Å²) < 4.78 is 1.02. The first kappa shape index (κ1) is 12.1. The minimum Gasteiger partial charge on any atom is -0.347 e. The summed E-state index contributed by atoms with van der Waals surface area (Å²) in [5, 5.41) is 3.01. The number of carbonyl (C=O) groups excluding carboxylic acids is 1. The summed E-state index contributed by atoms with van der Waals surface area (Å²) in [5.41, 5.74) is 7.02. The fourth-order valence-corrected chi connectivity index (χ4v) is 3.42. The van der Waals surface area contributed by atoms with E-state index < -0.39 is 0 Å². The highest BCUT2D eigenvalue weighted by molar-refractivity contribution is 9.11. The fourth-order valence-electron chi connectivity index (χ4n) is 1.98. The number of thiophene rings is 1. The van der Waals surface area contributed by atoms with E-state index >= 15 is 0 Å². The molecule has 5 heteroatoms. The Kier molecular flexibility index (Phi) is 3.66. The molecule has 0 aliphatic heterocycles. The number of amides is 1. The zero-order chi connectivity index (χ0) is 11.7. The molecule has 88 valence electrons. The van der Waals surface area contributed by atoms with Gasteiger partial charge in [-0.25, -0.2) is 0 Å². The van der Waals surface area contributed by atoms with Crippen LogP contribution in [0.4, 0.5) is 0 Å². The van der Waals surface area contributed by atoms with Crippen molar-refractivity contribution in [3.8, 4) is 0 Å². The molecular weight excluding hydrogens is 288 g/mol. The summed E-state index contributed by atoms with van der Waals surface area (Å²) in [6.45, 7) is 1.98. The molecular formula is C11H15BrN2OS. The molecule has 1 heterocycles. The van der Waals surface area contributed by atoms with Crippen molar-refractivity contribution in [3.63, 3.8) is 0 Å². The van der Waals surface area contributed by atoms with Gasteiger partial charge in [0.15, 0.2) is 0 Å². The summed E-state index contributed by atoms with van der Waals surface area (Å²) in [7, 11) is 0. The SMILES string of the molecule is Cc1cc(C(=O)NC2CCCC2N)sc1Br. The van der Waals surface area contributed by atoms with E-state index in [4.69, 9.17) is 5.73 Å². The lowest BCUT2D eigenvalue weighted by molar-refractivity contribution is 0.0938. The topological polar surface area (TPSA) is 55.1 Å². The average Bonchev–Trinajstić information content (AvgIpc) is 2.76. The molecule has 16 heavy (non-hydrogen) atoms. The summed E-state index contributed by atoms with van der Waals surface area (Å²) >= 11 is 4.89. The second-order valence-electron chi connectivity index (χ2n) is 4.24. The quantitative estimate of drug-likeness (QED) is 0.881. The Hall–Kier alpha value is -0.390. The maximum atomic E-state index is 11.9. The number of nitrogens with two attached hydrogens (primary N) is 1. The van der Waals surface area contributed by atoms with Crippen molar-refractivity contribution >= 4 is 33.2 Å². The third-order valence-corrected chi connectivity index (χ3v) is 5.10. The number of nitrogens with one attached hydrogen (secondary N) is 1. The van der Waals surface area contributed by atoms with E-state index in [0.29, 0.717) is 0 Å². The lowest BCUT2D eigenvalue weighted by Crippen LogP contribution is -2.43. The van der Waals surface area contributed by atoms with E-state index in [0.717, 1.165) is 33.5 Å². The molecule has 1 aromatic rings. The Morgan fingerprint density at radius 1 is 1.62 bits per heavy atom. The van der Waals surface area contributed by atoms with Gasteiger partial charge in [-0.3, -0.25) is 4.79 Å². The maximum absolute atomic E-state index is 11.9. The van der Waals surface area contributed by atoms with Gasteiger partial charge in [0, 0.05) is 12.1 Å². The van der Waals surface area contributed by atoms with Crippen LogP contribution in [0.1, 0.15) is 34.5 Å². The van der Waals surface area contributed by atoms with Gasteiger partial charge in [0.2, 0.25) is 0 Å². The molecule has 3 N–H and O–H groups in total. The first-order valence-electron chi connectivity index (χ1n) is 5.40. The van der Waals surface area contributed by atoms with E-state index in [1.165, 1.54) is 11.3 Å². The second kappa shape index (κ2) is 4.85. The molecule has 0 radical (unpaired) electrons. The van der Waals surface area contributed by atoms with Crippen LogP contribution in [0.2, 0.25) is 0 Å². The van der Waals surface area contributed by atoms with Gasteiger partial charge < -0.3 is 11.1 Å². The van der Waals surface area contributed by atoms with Gasteiger partial charge in [-0.05, 0) is 53.7 Å². The summed E-state index contributed by atoms with van der Waals surface area (Å²) in [6.07, 6.45) is 3.12. The fraction of sp³-hybridized carbons (Fsp3) is 0.545. The minimum absolute atomic E-state index is 0.00106. The summed E-state index contributed by atoms with van der Waals surface area (Å²) in [5.74, 6) is 0.00106. The van der Waals surface area contributed by atoms with Crippen LogP contribution in [-0.4, -0.2) is 18.0 Å².